The zero-order valence-electron chi connectivity index (χ0n) is 16.6. The molecule has 0 aromatic carbocycles. The topological polar surface area (TPSA) is 82.1 Å². The zero-order valence-corrected chi connectivity index (χ0v) is 17.4. The second kappa shape index (κ2) is 8.59. The van der Waals surface area contributed by atoms with E-state index in [1.807, 2.05) is 16.7 Å². The van der Waals surface area contributed by atoms with Gasteiger partial charge in [-0.25, -0.2) is 8.42 Å². The first kappa shape index (κ1) is 21.0. The standard InChI is InChI=1S/C18H34N4O3S/c1-5-19-17(22-11-12-26(24,25)18(3,4)14-22)20-9-8-16(23)21-10-6-7-15(2)13-21/h15H,5-14H2,1-4H3,(H,19,20). The van der Waals surface area contributed by atoms with Crippen LogP contribution in [0, 0.1) is 5.92 Å². The minimum Gasteiger partial charge on any atom is -0.357 e. The maximum atomic E-state index is 12.4. The summed E-state index contributed by atoms with van der Waals surface area (Å²) in [5.74, 6) is 1.58. The largest absolute Gasteiger partial charge is 0.357 e. The smallest absolute Gasteiger partial charge is 0.224 e. The summed E-state index contributed by atoms with van der Waals surface area (Å²) in [5.41, 5.74) is 0. The predicted molar refractivity (Wildman–Crippen MR) is 105 cm³/mol. The molecular formula is C18H34N4O3S. The van der Waals surface area contributed by atoms with Gasteiger partial charge in [0.25, 0.3) is 0 Å². The number of hydrogen-bond acceptors (Lipinski definition) is 4. The van der Waals surface area contributed by atoms with E-state index in [1.54, 1.807) is 13.8 Å². The van der Waals surface area contributed by atoms with E-state index in [-0.39, 0.29) is 11.7 Å². The Balaban J connectivity index is 1.95. The quantitative estimate of drug-likeness (QED) is 0.578. The molecule has 8 heteroatoms. The van der Waals surface area contributed by atoms with E-state index in [2.05, 4.69) is 17.2 Å². The third kappa shape index (κ3) is 5.11. The van der Waals surface area contributed by atoms with Crippen LogP contribution in [-0.4, -0.2) is 79.9 Å². The molecule has 2 heterocycles. The highest BCUT2D eigenvalue weighted by molar-refractivity contribution is 7.92. The zero-order chi connectivity index (χ0) is 19.4. The Labute approximate surface area is 158 Å². The van der Waals surface area contributed by atoms with Gasteiger partial charge >= 0.3 is 0 Å². The average molecular weight is 387 g/mol. The lowest BCUT2D eigenvalue weighted by atomic mass is 10.00. The molecule has 26 heavy (non-hydrogen) atoms. The number of sulfone groups is 1. The fourth-order valence-corrected chi connectivity index (χ4v) is 4.95. The van der Waals surface area contributed by atoms with E-state index in [0.717, 1.165) is 19.5 Å². The number of carbonyl (C=O) groups is 1. The fourth-order valence-electron chi connectivity index (χ4n) is 3.58. The van der Waals surface area contributed by atoms with Crippen LogP contribution in [0.3, 0.4) is 0 Å². The van der Waals surface area contributed by atoms with E-state index in [1.165, 1.54) is 6.42 Å². The van der Waals surface area contributed by atoms with E-state index in [9.17, 15) is 13.2 Å². The monoisotopic (exact) mass is 386 g/mol. The molecule has 1 atom stereocenters. The highest BCUT2D eigenvalue weighted by Crippen LogP contribution is 2.23. The Hall–Kier alpha value is -1.31. The van der Waals surface area contributed by atoms with Crippen LogP contribution in [-0.2, 0) is 14.6 Å². The van der Waals surface area contributed by atoms with Crippen LogP contribution in [0.15, 0.2) is 4.99 Å². The molecule has 0 aliphatic carbocycles. The SMILES string of the molecule is CCNC(=NCCC(=O)N1CCCC(C)C1)N1CCS(=O)(=O)C(C)(C)C1. The molecule has 0 aromatic heterocycles. The highest BCUT2D eigenvalue weighted by atomic mass is 32.2. The van der Waals surface area contributed by atoms with Gasteiger partial charge in [0.2, 0.25) is 5.91 Å². The summed E-state index contributed by atoms with van der Waals surface area (Å²) in [7, 11) is -3.08. The number of amides is 1. The number of aliphatic imine (C=N–C) groups is 1. The molecule has 1 N–H and O–H groups in total. The Morgan fingerprint density at radius 1 is 1.27 bits per heavy atom. The first-order valence-corrected chi connectivity index (χ1v) is 11.3. The minimum atomic E-state index is -3.08. The van der Waals surface area contributed by atoms with Crippen LogP contribution >= 0.6 is 0 Å². The molecule has 2 saturated heterocycles. The molecule has 0 spiro atoms. The lowest BCUT2D eigenvalue weighted by Crippen LogP contribution is -2.57. The van der Waals surface area contributed by atoms with Gasteiger partial charge < -0.3 is 15.1 Å². The Morgan fingerprint density at radius 2 is 2.00 bits per heavy atom. The number of rotatable bonds is 4. The molecule has 2 aliphatic rings. The Kier molecular flexibility index (Phi) is 6.93. The van der Waals surface area contributed by atoms with Gasteiger partial charge in [-0.15, -0.1) is 0 Å². The number of carbonyl (C=O) groups excluding carboxylic acids is 1. The highest BCUT2D eigenvalue weighted by Gasteiger charge is 2.40. The molecule has 2 rings (SSSR count). The number of piperidine rings is 1. The van der Waals surface area contributed by atoms with Gasteiger partial charge in [-0.05, 0) is 39.5 Å². The second-order valence-electron chi connectivity index (χ2n) is 8.07. The summed E-state index contributed by atoms with van der Waals surface area (Å²) in [6, 6.07) is 0. The van der Waals surface area contributed by atoms with Crippen LogP contribution in [0.5, 0.6) is 0 Å². The Morgan fingerprint density at radius 3 is 2.62 bits per heavy atom. The summed E-state index contributed by atoms with van der Waals surface area (Å²) in [6.07, 6.45) is 2.67. The third-order valence-corrected chi connectivity index (χ3v) is 7.81. The first-order valence-electron chi connectivity index (χ1n) is 9.69. The van der Waals surface area contributed by atoms with Gasteiger partial charge in [0.15, 0.2) is 15.8 Å². The summed E-state index contributed by atoms with van der Waals surface area (Å²) >= 11 is 0. The molecule has 1 amide bonds. The average Bonchev–Trinajstić information content (AvgIpc) is 2.56. The normalized spacial score (nSPS) is 25.8. The van der Waals surface area contributed by atoms with Gasteiger partial charge in [0.05, 0.1) is 17.0 Å². The lowest BCUT2D eigenvalue weighted by molar-refractivity contribution is -0.132. The molecule has 1 unspecified atom stereocenters. The van der Waals surface area contributed by atoms with Crippen molar-refractivity contribution in [2.45, 2.75) is 51.7 Å². The maximum absolute atomic E-state index is 12.4. The molecule has 2 aliphatic heterocycles. The predicted octanol–water partition coefficient (Wildman–Crippen LogP) is 1.11. The number of likely N-dealkylation sites (tertiary alicyclic amines) is 1. The maximum Gasteiger partial charge on any atom is 0.224 e. The molecule has 0 radical (unpaired) electrons. The van der Waals surface area contributed by atoms with E-state index < -0.39 is 14.6 Å². The van der Waals surface area contributed by atoms with Gasteiger partial charge in [-0.1, -0.05) is 6.92 Å². The van der Waals surface area contributed by atoms with Crippen molar-refractivity contribution in [3.8, 4) is 0 Å². The van der Waals surface area contributed by atoms with Crippen molar-refractivity contribution in [1.29, 1.82) is 0 Å². The molecule has 0 aromatic rings. The Bertz CT molecular complexity index is 630. The van der Waals surface area contributed by atoms with Crippen LogP contribution < -0.4 is 5.32 Å². The number of guanidine groups is 1. The van der Waals surface area contributed by atoms with Crippen molar-refractivity contribution < 1.29 is 13.2 Å². The summed E-state index contributed by atoms with van der Waals surface area (Å²) in [5, 5.41) is 3.23. The third-order valence-electron chi connectivity index (χ3n) is 5.27. The number of hydrogen-bond donors (Lipinski definition) is 1. The number of nitrogens with one attached hydrogen (secondary N) is 1. The summed E-state index contributed by atoms with van der Waals surface area (Å²) < 4.78 is 23.6. The first-order chi connectivity index (χ1) is 12.2. The van der Waals surface area contributed by atoms with Gasteiger partial charge in [0.1, 0.15) is 0 Å². The molecule has 2 fully saturated rings. The van der Waals surface area contributed by atoms with Crippen LogP contribution in [0.25, 0.3) is 0 Å². The van der Waals surface area contributed by atoms with Crippen LogP contribution in [0.2, 0.25) is 0 Å². The fraction of sp³-hybridized carbons (Fsp3) is 0.889. The molecule has 0 bridgehead atoms. The van der Waals surface area contributed by atoms with Crippen molar-refractivity contribution in [3.63, 3.8) is 0 Å². The van der Waals surface area contributed by atoms with Crippen molar-refractivity contribution in [2.75, 3.05) is 45.0 Å². The summed E-state index contributed by atoms with van der Waals surface area (Å²) in [4.78, 5) is 20.9. The van der Waals surface area contributed by atoms with Crippen molar-refractivity contribution in [3.05, 3.63) is 0 Å². The van der Waals surface area contributed by atoms with Crippen molar-refractivity contribution in [1.82, 2.24) is 15.1 Å². The second-order valence-corrected chi connectivity index (χ2v) is 10.8. The van der Waals surface area contributed by atoms with Crippen molar-refractivity contribution >= 4 is 21.7 Å². The van der Waals surface area contributed by atoms with Gasteiger partial charge in [-0.3, -0.25) is 9.79 Å². The van der Waals surface area contributed by atoms with Crippen LogP contribution in [0.1, 0.15) is 47.0 Å². The molecule has 7 nitrogen and oxygen atoms in total. The minimum absolute atomic E-state index is 0.134. The van der Waals surface area contributed by atoms with Crippen LogP contribution in [0.4, 0.5) is 0 Å². The lowest BCUT2D eigenvalue weighted by Gasteiger charge is -2.39. The summed E-state index contributed by atoms with van der Waals surface area (Å²) in [6.45, 7) is 11.4. The van der Waals surface area contributed by atoms with Gasteiger partial charge in [0, 0.05) is 39.1 Å². The molecule has 150 valence electrons. The van der Waals surface area contributed by atoms with E-state index >= 15 is 0 Å². The van der Waals surface area contributed by atoms with E-state index in [0.29, 0.717) is 44.5 Å². The molecule has 0 saturated carbocycles. The molecular weight excluding hydrogens is 352 g/mol. The van der Waals surface area contributed by atoms with Gasteiger partial charge in [-0.2, -0.15) is 0 Å². The number of nitrogens with zero attached hydrogens (tertiary/aromatic N) is 3. The van der Waals surface area contributed by atoms with E-state index in [4.69, 9.17) is 0 Å². The van der Waals surface area contributed by atoms with Crippen molar-refractivity contribution in [2.24, 2.45) is 10.9 Å².